The van der Waals surface area contributed by atoms with Crippen LogP contribution in [0.2, 0.25) is 0 Å². The molecule has 0 bridgehead atoms. The first kappa shape index (κ1) is 8.72. The molecule has 1 heterocycles. The summed E-state index contributed by atoms with van der Waals surface area (Å²) in [6.07, 6.45) is 6.27. The van der Waals surface area contributed by atoms with Crippen molar-refractivity contribution in [1.82, 2.24) is 14.9 Å². The minimum absolute atomic E-state index is 0.264. The lowest BCUT2D eigenvalue weighted by molar-refractivity contribution is 0.512. The Hall–Kier alpha value is -0.870. The Kier molecular flexibility index (Phi) is 2.33. The van der Waals surface area contributed by atoms with Crippen LogP contribution >= 0.6 is 0 Å². The normalized spacial score (nSPS) is 18.9. The first-order valence-electron chi connectivity index (χ1n) is 4.73. The van der Waals surface area contributed by atoms with Crippen molar-refractivity contribution in [3.8, 4) is 0 Å². The molecule has 0 amide bonds. The van der Waals surface area contributed by atoms with Gasteiger partial charge < -0.3 is 15.6 Å². The quantitative estimate of drug-likeness (QED) is 0.694. The Morgan fingerprint density at radius 1 is 1.77 bits per heavy atom. The van der Waals surface area contributed by atoms with Gasteiger partial charge in [0.1, 0.15) is 0 Å². The molecule has 1 atom stereocenters. The number of nitrogens with one attached hydrogen (secondary N) is 1. The average Bonchev–Trinajstić information content (AvgIpc) is 2.85. The maximum absolute atomic E-state index is 5.71. The number of hydrogen-bond acceptors (Lipinski definition) is 3. The van der Waals surface area contributed by atoms with E-state index in [-0.39, 0.29) is 6.04 Å². The fourth-order valence-corrected chi connectivity index (χ4v) is 1.51. The predicted molar refractivity (Wildman–Crippen MR) is 51.2 cm³/mol. The van der Waals surface area contributed by atoms with E-state index in [0.717, 1.165) is 0 Å². The third kappa shape index (κ3) is 1.89. The maximum atomic E-state index is 5.71. The molecule has 1 fully saturated rings. The Labute approximate surface area is 78.1 Å². The van der Waals surface area contributed by atoms with Crippen molar-refractivity contribution in [2.24, 2.45) is 12.8 Å². The van der Waals surface area contributed by atoms with E-state index in [9.17, 15) is 0 Å². The van der Waals surface area contributed by atoms with Crippen LogP contribution in [0.1, 0.15) is 24.6 Å². The Balaban J connectivity index is 2.06. The first-order chi connectivity index (χ1) is 6.31. The predicted octanol–water partition coefficient (Wildman–Crippen LogP) is 0.172. The average molecular weight is 180 g/mol. The van der Waals surface area contributed by atoms with Crippen LogP contribution in [-0.4, -0.2) is 22.1 Å². The summed E-state index contributed by atoms with van der Waals surface area (Å²) in [7, 11) is 2.00. The zero-order valence-electron chi connectivity index (χ0n) is 7.90. The van der Waals surface area contributed by atoms with Crippen LogP contribution in [0.4, 0.5) is 0 Å². The number of aromatic nitrogens is 2. The van der Waals surface area contributed by atoms with Crippen LogP contribution < -0.4 is 11.1 Å². The molecule has 0 aromatic carbocycles. The van der Waals surface area contributed by atoms with Gasteiger partial charge in [-0.1, -0.05) is 0 Å². The van der Waals surface area contributed by atoms with Crippen LogP contribution in [0, 0.1) is 0 Å². The van der Waals surface area contributed by atoms with E-state index in [1.165, 1.54) is 18.5 Å². The lowest BCUT2D eigenvalue weighted by Crippen LogP contribution is -2.31. The number of imidazole rings is 1. The van der Waals surface area contributed by atoms with E-state index in [4.69, 9.17) is 5.73 Å². The molecular weight excluding hydrogens is 164 g/mol. The van der Waals surface area contributed by atoms with E-state index < -0.39 is 0 Å². The molecule has 1 aromatic heterocycles. The molecule has 0 aliphatic heterocycles. The van der Waals surface area contributed by atoms with Gasteiger partial charge in [0.15, 0.2) is 0 Å². The van der Waals surface area contributed by atoms with Gasteiger partial charge in [-0.3, -0.25) is 0 Å². The summed E-state index contributed by atoms with van der Waals surface area (Å²) in [6.45, 7) is 0.635. The van der Waals surface area contributed by atoms with Crippen molar-refractivity contribution < 1.29 is 0 Å². The van der Waals surface area contributed by atoms with Gasteiger partial charge in [-0.05, 0) is 12.8 Å². The number of rotatable bonds is 4. The minimum atomic E-state index is 0.264. The summed E-state index contributed by atoms with van der Waals surface area (Å²) in [5.41, 5.74) is 6.88. The molecule has 72 valence electrons. The van der Waals surface area contributed by atoms with Gasteiger partial charge in [-0.15, -0.1) is 0 Å². The second-order valence-electron chi connectivity index (χ2n) is 3.66. The molecule has 4 nitrogen and oxygen atoms in total. The molecule has 0 spiro atoms. The third-order valence-corrected chi connectivity index (χ3v) is 2.46. The monoisotopic (exact) mass is 180 g/mol. The van der Waals surface area contributed by atoms with Crippen LogP contribution in [-0.2, 0) is 7.05 Å². The summed E-state index contributed by atoms with van der Waals surface area (Å²) in [4.78, 5) is 4.09. The highest BCUT2D eigenvalue weighted by molar-refractivity contribution is 5.06. The van der Waals surface area contributed by atoms with Crippen molar-refractivity contribution >= 4 is 0 Å². The highest BCUT2D eigenvalue weighted by atomic mass is 15.1. The molecule has 3 N–H and O–H groups in total. The van der Waals surface area contributed by atoms with Crippen molar-refractivity contribution in [3.63, 3.8) is 0 Å². The molecule has 4 heteroatoms. The molecule has 1 unspecified atom stereocenters. The standard InChI is InChI=1S/C9H16N4/c1-13-6-11-5-9(13)8(4-10)12-7-2-3-7/h5-8,12H,2-4,10H2,1H3. The Bertz CT molecular complexity index is 277. The smallest absolute Gasteiger partial charge is 0.0946 e. The fraction of sp³-hybridized carbons (Fsp3) is 0.667. The van der Waals surface area contributed by atoms with E-state index >= 15 is 0 Å². The van der Waals surface area contributed by atoms with E-state index in [2.05, 4.69) is 10.3 Å². The Morgan fingerprint density at radius 2 is 2.54 bits per heavy atom. The van der Waals surface area contributed by atoms with Gasteiger partial charge >= 0.3 is 0 Å². The summed E-state index contributed by atoms with van der Waals surface area (Å²) in [5, 5.41) is 3.50. The van der Waals surface area contributed by atoms with Gasteiger partial charge in [-0.2, -0.15) is 0 Å². The number of nitrogens with two attached hydrogens (primary N) is 1. The minimum Gasteiger partial charge on any atom is -0.336 e. The van der Waals surface area contributed by atoms with Gasteiger partial charge in [0.05, 0.1) is 18.1 Å². The molecule has 13 heavy (non-hydrogen) atoms. The van der Waals surface area contributed by atoms with Gasteiger partial charge in [-0.25, -0.2) is 4.98 Å². The lowest BCUT2D eigenvalue weighted by atomic mass is 10.2. The van der Waals surface area contributed by atoms with Gasteiger partial charge in [0.2, 0.25) is 0 Å². The maximum Gasteiger partial charge on any atom is 0.0946 e. The highest BCUT2D eigenvalue weighted by Crippen LogP contribution is 2.23. The zero-order chi connectivity index (χ0) is 9.26. The molecule has 1 aliphatic rings. The molecule has 1 saturated carbocycles. The van der Waals surface area contributed by atoms with Gasteiger partial charge in [0, 0.05) is 25.8 Å². The summed E-state index contributed by atoms with van der Waals surface area (Å²) < 4.78 is 2.02. The number of aryl methyl sites for hydroxylation is 1. The van der Waals surface area contributed by atoms with E-state index in [1.807, 2.05) is 24.1 Å². The van der Waals surface area contributed by atoms with Crippen LogP contribution in [0.25, 0.3) is 0 Å². The van der Waals surface area contributed by atoms with Crippen molar-refractivity contribution in [2.45, 2.75) is 24.9 Å². The summed E-state index contributed by atoms with van der Waals surface area (Å²) >= 11 is 0. The molecular formula is C9H16N4. The van der Waals surface area contributed by atoms with Crippen LogP contribution in [0.3, 0.4) is 0 Å². The summed E-state index contributed by atoms with van der Waals surface area (Å²) in [6, 6.07) is 0.948. The van der Waals surface area contributed by atoms with Crippen molar-refractivity contribution in [1.29, 1.82) is 0 Å². The van der Waals surface area contributed by atoms with Crippen molar-refractivity contribution in [2.75, 3.05) is 6.54 Å². The SMILES string of the molecule is Cn1cncc1C(CN)NC1CC1. The zero-order valence-corrected chi connectivity index (χ0v) is 7.90. The first-order valence-corrected chi connectivity index (χ1v) is 4.73. The Morgan fingerprint density at radius 3 is 3.00 bits per heavy atom. The highest BCUT2D eigenvalue weighted by Gasteiger charge is 2.25. The van der Waals surface area contributed by atoms with Gasteiger partial charge in [0.25, 0.3) is 0 Å². The lowest BCUT2D eigenvalue weighted by Gasteiger charge is -2.16. The number of nitrogens with zero attached hydrogens (tertiary/aromatic N) is 2. The summed E-state index contributed by atoms with van der Waals surface area (Å²) in [5.74, 6) is 0. The molecule has 0 radical (unpaired) electrons. The van der Waals surface area contributed by atoms with Crippen molar-refractivity contribution in [3.05, 3.63) is 18.2 Å². The fourth-order valence-electron chi connectivity index (χ4n) is 1.51. The second kappa shape index (κ2) is 3.47. The third-order valence-electron chi connectivity index (χ3n) is 2.46. The molecule has 1 aliphatic carbocycles. The van der Waals surface area contributed by atoms with Crippen LogP contribution in [0.5, 0.6) is 0 Å². The topological polar surface area (TPSA) is 55.9 Å². The molecule has 2 rings (SSSR count). The molecule has 0 saturated heterocycles. The van der Waals surface area contributed by atoms with E-state index in [1.54, 1.807) is 0 Å². The second-order valence-corrected chi connectivity index (χ2v) is 3.66. The molecule has 1 aromatic rings. The number of hydrogen-bond donors (Lipinski definition) is 2. The van der Waals surface area contributed by atoms with E-state index in [0.29, 0.717) is 12.6 Å². The largest absolute Gasteiger partial charge is 0.336 e. The van der Waals surface area contributed by atoms with Crippen LogP contribution in [0.15, 0.2) is 12.5 Å².